The van der Waals surface area contributed by atoms with Crippen LogP contribution in [0.25, 0.3) is 23.3 Å². The van der Waals surface area contributed by atoms with Crippen LogP contribution < -0.4 is 12.4 Å². The molecule has 0 heterocycles. The van der Waals surface area contributed by atoms with E-state index < -0.39 is 25.8 Å². The Labute approximate surface area is 349 Å². The normalized spacial score (nSPS) is 16.6. The van der Waals surface area contributed by atoms with Gasteiger partial charge in [-0.05, 0) is 0 Å². The van der Waals surface area contributed by atoms with E-state index in [1.807, 2.05) is 0 Å². The molecule has 2 unspecified atom stereocenters. The summed E-state index contributed by atoms with van der Waals surface area (Å²) in [5.74, 6) is 0. The number of rotatable bonds is 11. The van der Waals surface area contributed by atoms with E-state index in [2.05, 4.69) is 180 Å². The standard InChI is InChI=1S/2C20H21.C11H24OSi.ClH.Zr/c2*1-14-11-18(20(2,3)4)9-10-19(14)17-12-15-7-5-6-8-16(15)13-17;1-11(2,3)12-9-7-5-6-8-10-13-4;;/h2*5-13H,1-4H3;5-10H2,1-4H3;1H;/q;;;;+1/p-1. The van der Waals surface area contributed by atoms with Crippen LogP contribution in [0.15, 0.2) is 84.9 Å². The van der Waals surface area contributed by atoms with E-state index in [1.54, 1.807) is 22.3 Å². The molecule has 6 rings (SSSR count). The first-order valence-electron chi connectivity index (χ1n) is 20.6. The summed E-state index contributed by atoms with van der Waals surface area (Å²) < 4.78 is 7.13. The van der Waals surface area contributed by atoms with E-state index in [0.29, 0.717) is 7.25 Å². The summed E-state index contributed by atoms with van der Waals surface area (Å²) in [6, 6.07) is 35.1. The van der Waals surface area contributed by atoms with Gasteiger partial charge in [0.15, 0.2) is 0 Å². The quantitative estimate of drug-likeness (QED) is 0.108. The fourth-order valence-corrected chi connectivity index (χ4v) is 31.7. The largest absolute Gasteiger partial charge is 1.00 e. The first-order valence-corrected chi connectivity index (χ1v) is 29.3. The molecule has 0 aliphatic heterocycles. The summed E-state index contributed by atoms with van der Waals surface area (Å²) in [5, 5.41) is 0. The van der Waals surface area contributed by atoms with Gasteiger partial charge in [0.1, 0.15) is 0 Å². The first kappa shape index (κ1) is 43.8. The van der Waals surface area contributed by atoms with Crippen LogP contribution in [0.5, 0.6) is 0 Å². The number of hydrogen-bond acceptors (Lipinski definition) is 1. The zero-order valence-electron chi connectivity index (χ0n) is 35.9. The summed E-state index contributed by atoms with van der Waals surface area (Å²) >= 11 is -2.52. The molecule has 291 valence electrons. The Morgan fingerprint density at radius 1 is 0.582 bits per heavy atom. The maximum absolute atomic E-state index is 6.08. The molecule has 0 bridgehead atoms. The van der Waals surface area contributed by atoms with Gasteiger partial charge in [-0.1, -0.05) is 0 Å². The van der Waals surface area contributed by atoms with Crippen molar-refractivity contribution in [3.63, 3.8) is 0 Å². The molecule has 0 spiro atoms. The predicted octanol–water partition coefficient (Wildman–Crippen LogP) is 11.4. The second-order valence-electron chi connectivity index (χ2n) is 19.2. The number of aryl methyl sites for hydroxylation is 2. The third-order valence-electron chi connectivity index (χ3n) is 11.8. The smallest absolute Gasteiger partial charge is 1.00 e. The van der Waals surface area contributed by atoms with Crippen LogP contribution in [0, 0.1) is 13.8 Å². The van der Waals surface area contributed by atoms with Crippen molar-refractivity contribution < 1.29 is 37.5 Å². The molecule has 4 aromatic rings. The van der Waals surface area contributed by atoms with Gasteiger partial charge in [-0.2, -0.15) is 0 Å². The first-order chi connectivity index (χ1) is 25.4. The Balaban J connectivity index is 0.00000580. The molecule has 4 aromatic carbocycles. The second kappa shape index (κ2) is 17.7. The molecular formula is C51H66ClOSiZr. The number of benzene rings is 4. The molecule has 0 saturated carbocycles. The minimum absolute atomic E-state index is 0. The number of hydrogen-bond donors (Lipinski definition) is 0. The van der Waals surface area contributed by atoms with E-state index in [-0.39, 0.29) is 28.8 Å². The monoisotopic (exact) mass is 847 g/mol. The molecule has 2 aliphatic carbocycles. The summed E-state index contributed by atoms with van der Waals surface area (Å²) in [7, 11) is 0. The fourth-order valence-electron chi connectivity index (χ4n) is 8.72. The molecule has 0 N–H and O–H groups in total. The summed E-state index contributed by atoms with van der Waals surface area (Å²) in [4.78, 5) is 0. The fraction of sp³-hybridized carbons (Fsp3) is 0.451. The van der Waals surface area contributed by atoms with Crippen LogP contribution >= 0.6 is 0 Å². The van der Waals surface area contributed by atoms with Crippen molar-refractivity contribution in [1.29, 1.82) is 0 Å². The van der Waals surface area contributed by atoms with Gasteiger partial charge < -0.3 is 12.4 Å². The molecular weight excluding hydrogens is 783 g/mol. The summed E-state index contributed by atoms with van der Waals surface area (Å²) in [5.41, 5.74) is 17.5. The number of fused-ring (bicyclic) bond motifs is 2. The minimum atomic E-state index is -2.52. The van der Waals surface area contributed by atoms with Crippen molar-refractivity contribution in [2.45, 2.75) is 138 Å². The topological polar surface area (TPSA) is 9.23 Å². The second-order valence-corrected chi connectivity index (χ2v) is 36.1. The number of allylic oxidation sites excluding steroid dienone is 2. The minimum Gasteiger partial charge on any atom is -1.00 e. The summed E-state index contributed by atoms with van der Waals surface area (Å²) in [6.07, 6.45) is 10.3. The Morgan fingerprint density at radius 2 is 1.02 bits per heavy atom. The van der Waals surface area contributed by atoms with Crippen molar-refractivity contribution in [2.75, 3.05) is 6.61 Å². The Morgan fingerprint density at radius 3 is 1.44 bits per heavy atom. The third kappa shape index (κ3) is 10.1. The van der Waals surface area contributed by atoms with E-state index >= 15 is 0 Å². The maximum Gasteiger partial charge on any atom is -1.00 e. The van der Waals surface area contributed by atoms with Crippen LogP contribution in [0.3, 0.4) is 0 Å². The van der Waals surface area contributed by atoms with Gasteiger partial charge >= 0.3 is 339 Å². The molecule has 0 saturated heterocycles. The van der Waals surface area contributed by atoms with Gasteiger partial charge in [-0.3, -0.25) is 0 Å². The average molecular weight is 850 g/mol. The van der Waals surface area contributed by atoms with E-state index in [4.69, 9.17) is 4.74 Å². The Bertz CT molecular complexity index is 1970. The van der Waals surface area contributed by atoms with Crippen molar-refractivity contribution in [1.82, 2.24) is 0 Å². The van der Waals surface area contributed by atoms with Crippen molar-refractivity contribution in [3.8, 4) is 0 Å². The zero-order valence-corrected chi connectivity index (χ0v) is 40.1. The number of ether oxygens (including phenoxy) is 1. The molecule has 2 aliphatic rings. The van der Waals surface area contributed by atoms with Crippen LogP contribution in [0.2, 0.25) is 12.6 Å². The van der Waals surface area contributed by atoms with Gasteiger partial charge in [0.25, 0.3) is 0 Å². The SMILES string of the molecule is Cc1cc(C(C)(C)C)ccc1C1=Cc2ccccc2[CH]1[Zr+]([CH]1C(c2ccc(C(C)(C)C)cc2C)=Cc2ccccc21)=[Si](C)CCCCCCOC(C)(C)C.[Cl-]. The maximum atomic E-state index is 6.08. The van der Waals surface area contributed by atoms with Gasteiger partial charge in [0.2, 0.25) is 0 Å². The third-order valence-corrected chi connectivity index (χ3v) is 32.5. The van der Waals surface area contributed by atoms with Gasteiger partial charge in [0.05, 0.1) is 0 Å². The molecule has 55 heavy (non-hydrogen) atoms. The van der Waals surface area contributed by atoms with E-state index in [9.17, 15) is 0 Å². The van der Waals surface area contributed by atoms with Crippen LogP contribution in [0.1, 0.15) is 151 Å². The average Bonchev–Trinajstić information content (AvgIpc) is 3.66. The number of halogens is 1. The Hall–Kier alpha value is -2.29. The van der Waals surface area contributed by atoms with Gasteiger partial charge in [0, 0.05) is 0 Å². The summed E-state index contributed by atoms with van der Waals surface area (Å²) in [6.45, 7) is 28.9. The van der Waals surface area contributed by atoms with Crippen LogP contribution in [0.4, 0.5) is 0 Å². The molecule has 1 nitrogen and oxygen atoms in total. The van der Waals surface area contributed by atoms with E-state index in [0.717, 1.165) is 13.0 Å². The molecule has 0 fully saturated rings. The molecule has 0 aromatic heterocycles. The molecule has 2 atom stereocenters. The van der Waals surface area contributed by atoms with Crippen LogP contribution in [-0.4, -0.2) is 17.6 Å². The number of unbranched alkanes of at least 4 members (excludes halogenated alkanes) is 3. The van der Waals surface area contributed by atoms with Crippen molar-refractivity contribution in [2.24, 2.45) is 0 Å². The molecule has 0 radical (unpaired) electrons. The predicted molar refractivity (Wildman–Crippen MR) is 234 cm³/mol. The zero-order chi connectivity index (χ0) is 39.0. The molecule has 0 amide bonds. The van der Waals surface area contributed by atoms with Crippen molar-refractivity contribution in [3.05, 3.63) is 141 Å². The van der Waals surface area contributed by atoms with Crippen molar-refractivity contribution >= 4 is 28.7 Å². The van der Waals surface area contributed by atoms with Gasteiger partial charge in [-0.25, -0.2) is 0 Å². The van der Waals surface area contributed by atoms with E-state index in [1.165, 1.54) is 69.8 Å². The van der Waals surface area contributed by atoms with Gasteiger partial charge in [-0.15, -0.1) is 0 Å². The van der Waals surface area contributed by atoms with Crippen LogP contribution in [-0.2, 0) is 35.9 Å². The molecule has 4 heteroatoms. The Kier molecular flexibility index (Phi) is 14.1.